The van der Waals surface area contributed by atoms with Gasteiger partial charge in [0.15, 0.2) is 5.78 Å². The van der Waals surface area contributed by atoms with Crippen LogP contribution in [0.1, 0.15) is 30.1 Å². The number of methoxy groups -OCH3 is 1. The maximum Gasteiger partial charge on any atom is 0.176 e. The van der Waals surface area contributed by atoms with Crippen molar-refractivity contribution in [3.8, 4) is 5.75 Å². The fourth-order valence-electron chi connectivity index (χ4n) is 1.68. The van der Waals surface area contributed by atoms with Crippen molar-refractivity contribution in [3.05, 3.63) is 28.2 Å². The number of rotatable bonds is 7. The molecular formula is C14H20BrNO2. The van der Waals surface area contributed by atoms with Crippen LogP contribution in [0, 0.1) is 0 Å². The second kappa shape index (κ2) is 7.54. The van der Waals surface area contributed by atoms with Gasteiger partial charge in [-0.05, 0) is 54.1 Å². The van der Waals surface area contributed by atoms with Crippen molar-refractivity contribution in [1.82, 2.24) is 4.90 Å². The molecule has 0 heterocycles. The zero-order valence-electron chi connectivity index (χ0n) is 11.2. The van der Waals surface area contributed by atoms with Gasteiger partial charge in [-0.25, -0.2) is 0 Å². The van der Waals surface area contributed by atoms with Gasteiger partial charge >= 0.3 is 0 Å². The maximum absolute atomic E-state index is 12.1. The number of likely N-dealkylation sites (N-methyl/N-ethyl adjacent to an activating group) is 1. The fourth-order valence-corrected chi connectivity index (χ4v) is 2.22. The molecule has 0 fully saturated rings. The highest BCUT2D eigenvalue weighted by Gasteiger charge is 2.11. The zero-order chi connectivity index (χ0) is 13.5. The van der Waals surface area contributed by atoms with E-state index in [1.165, 1.54) is 0 Å². The lowest BCUT2D eigenvalue weighted by Gasteiger charge is -2.15. The minimum absolute atomic E-state index is 0.136. The molecule has 0 bridgehead atoms. The first-order valence-corrected chi connectivity index (χ1v) is 6.93. The molecular weight excluding hydrogens is 294 g/mol. The summed E-state index contributed by atoms with van der Waals surface area (Å²) in [5.74, 6) is 0.878. The molecule has 0 N–H and O–H groups in total. The lowest BCUT2D eigenvalue weighted by atomic mass is 10.1. The highest BCUT2D eigenvalue weighted by atomic mass is 79.9. The molecule has 1 rings (SSSR count). The number of carbonyl (C=O) groups is 1. The van der Waals surface area contributed by atoms with E-state index >= 15 is 0 Å². The molecule has 0 saturated carbocycles. The molecule has 18 heavy (non-hydrogen) atoms. The molecule has 0 aromatic heterocycles. The molecule has 0 radical (unpaired) electrons. The number of hydrogen-bond donors (Lipinski definition) is 0. The molecule has 100 valence electrons. The third-order valence-corrected chi connectivity index (χ3v) is 3.40. The lowest BCUT2D eigenvalue weighted by Crippen LogP contribution is -2.26. The Kier molecular flexibility index (Phi) is 6.36. The Morgan fingerprint density at radius 2 is 2.17 bits per heavy atom. The van der Waals surface area contributed by atoms with Crippen molar-refractivity contribution in [2.75, 3.05) is 27.2 Å². The van der Waals surface area contributed by atoms with Crippen LogP contribution in [0.15, 0.2) is 22.7 Å². The van der Waals surface area contributed by atoms with Crippen LogP contribution < -0.4 is 4.74 Å². The van der Waals surface area contributed by atoms with Crippen LogP contribution in [0.2, 0.25) is 0 Å². The summed E-state index contributed by atoms with van der Waals surface area (Å²) in [5.41, 5.74) is 0.714. The summed E-state index contributed by atoms with van der Waals surface area (Å²) >= 11 is 3.39. The average Bonchev–Trinajstić information content (AvgIpc) is 2.36. The van der Waals surface area contributed by atoms with Crippen molar-refractivity contribution < 1.29 is 9.53 Å². The first-order valence-electron chi connectivity index (χ1n) is 6.13. The monoisotopic (exact) mass is 313 g/mol. The van der Waals surface area contributed by atoms with Crippen molar-refractivity contribution in [2.24, 2.45) is 0 Å². The van der Waals surface area contributed by atoms with Crippen LogP contribution in [-0.4, -0.2) is 37.9 Å². The van der Waals surface area contributed by atoms with Crippen LogP contribution in [0.4, 0.5) is 0 Å². The Labute approximate surface area is 117 Å². The molecule has 0 atom stereocenters. The molecule has 3 nitrogen and oxygen atoms in total. The highest BCUT2D eigenvalue weighted by Crippen LogP contribution is 2.25. The van der Waals surface area contributed by atoms with Gasteiger partial charge in [0.05, 0.1) is 18.1 Å². The molecule has 4 heteroatoms. The number of benzene rings is 1. The van der Waals surface area contributed by atoms with Gasteiger partial charge in [-0.2, -0.15) is 0 Å². The molecule has 0 saturated heterocycles. The summed E-state index contributed by atoms with van der Waals surface area (Å²) in [7, 11) is 3.59. The van der Waals surface area contributed by atoms with Crippen molar-refractivity contribution in [3.63, 3.8) is 0 Å². The van der Waals surface area contributed by atoms with E-state index < -0.39 is 0 Å². The van der Waals surface area contributed by atoms with Gasteiger partial charge in [0.2, 0.25) is 0 Å². The van der Waals surface area contributed by atoms with E-state index in [4.69, 9.17) is 4.74 Å². The van der Waals surface area contributed by atoms with Gasteiger partial charge in [-0.3, -0.25) is 9.69 Å². The van der Waals surface area contributed by atoms with E-state index in [1.54, 1.807) is 13.2 Å². The van der Waals surface area contributed by atoms with Crippen molar-refractivity contribution in [2.45, 2.75) is 19.8 Å². The molecule has 0 aliphatic carbocycles. The topological polar surface area (TPSA) is 29.5 Å². The average molecular weight is 314 g/mol. The lowest BCUT2D eigenvalue weighted by molar-refractivity contribution is 0.0945. The summed E-state index contributed by atoms with van der Waals surface area (Å²) in [6.45, 7) is 3.56. The maximum atomic E-state index is 12.1. The zero-order valence-corrected chi connectivity index (χ0v) is 12.8. The van der Waals surface area contributed by atoms with Gasteiger partial charge in [-0.15, -0.1) is 0 Å². The standard InChI is InChI=1S/C14H20BrNO2/c1-4-5-8-16(2)10-13(17)11-6-7-14(18-3)12(15)9-11/h6-7,9H,4-5,8,10H2,1-3H3. The fraction of sp³-hybridized carbons (Fsp3) is 0.500. The van der Waals surface area contributed by atoms with E-state index in [2.05, 4.69) is 27.8 Å². The molecule has 1 aromatic rings. The van der Waals surface area contributed by atoms with E-state index in [-0.39, 0.29) is 5.78 Å². The second-order valence-electron chi connectivity index (χ2n) is 4.36. The summed E-state index contributed by atoms with van der Waals surface area (Å²) in [5, 5.41) is 0. The van der Waals surface area contributed by atoms with Gasteiger partial charge in [-0.1, -0.05) is 13.3 Å². The quantitative estimate of drug-likeness (QED) is 0.723. The summed E-state index contributed by atoms with van der Waals surface area (Å²) in [4.78, 5) is 14.1. The Morgan fingerprint density at radius 3 is 2.72 bits per heavy atom. The number of unbranched alkanes of at least 4 members (excludes halogenated alkanes) is 1. The van der Waals surface area contributed by atoms with E-state index in [0.29, 0.717) is 12.1 Å². The third-order valence-electron chi connectivity index (χ3n) is 2.78. The minimum atomic E-state index is 0.136. The van der Waals surface area contributed by atoms with E-state index in [1.807, 2.05) is 19.2 Å². The SMILES string of the molecule is CCCCN(C)CC(=O)c1ccc(OC)c(Br)c1. The number of Topliss-reactive ketones (excluding diaryl/α,β-unsaturated/α-hetero) is 1. The number of carbonyl (C=O) groups excluding carboxylic acids is 1. The minimum Gasteiger partial charge on any atom is -0.496 e. The predicted molar refractivity (Wildman–Crippen MR) is 77.4 cm³/mol. The predicted octanol–water partition coefficient (Wildman–Crippen LogP) is 3.37. The van der Waals surface area contributed by atoms with E-state index in [9.17, 15) is 4.79 Å². The molecule has 1 aromatic carbocycles. The first kappa shape index (κ1) is 15.2. The summed E-state index contributed by atoms with van der Waals surface area (Å²) in [6, 6.07) is 5.43. The van der Waals surface area contributed by atoms with Crippen molar-refractivity contribution >= 4 is 21.7 Å². The largest absolute Gasteiger partial charge is 0.496 e. The van der Waals surface area contributed by atoms with Gasteiger partial charge < -0.3 is 4.74 Å². The number of ketones is 1. The molecule has 0 aliphatic rings. The van der Waals surface area contributed by atoms with Crippen LogP contribution in [-0.2, 0) is 0 Å². The van der Waals surface area contributed by atoms with Crippen LogP contribution >= 0.6 is 15.9 Å². The molecule has 0 unspecified atom stereocenters. The molecule has 0 spiro atoms. The third kappa shape index (κ3) is 4.42. The number of nitrogens with zero attached hydrogens (tertiary/aromatic N) is 1. The van der Waals surface area contributed by atoms with Gasteiger partial charge in [0, 0.05) is 5.56 Å². The van der Waals surface area contributed by atoms with Gasteiger partial charge in [0.25, 0.3) is 0 Å². The van der Waals surface area contributed by atoms with E-state index in [0.717, 1.165) is 29.6 Å². The highest BCUT2D eigenvalue weighted by molar-refractivity contribution is 9.10. The Hall–Kier alpha value is -0.870. The number of halogens is 1. The smallest absolute Gasteiger partial charge is 0.176 e. The number of hydrogen-bond acceptors (Lipinski definition) is 3. The summed E-state index contributed by atoms with van der Waals surface area (Å²) in [6.07, 6.45) is 2.27. The Balaban J connectivity index is 2.64. The van der Waals surface area contributed by atoms with Crippen LogP contribution in [0.5, 0.6) is 5.75 Å². The van der Waals surface area contributed by atoms with Gasteiger partial charge in [0.1, 0.15) is 5.75 Å². The van der Waals surface area contributed by atoms with Crippen LogP contribution in [0.25, 0.3) is 0 Å². The van der Waals surface area contributed by atoms with Crippen LogP contribution in [0.3, 0.4) is 0 Å². The second-order valence-corrected chi connectivity index (χ2v) is 5.22. The number of ether oxygens (including phenoxy) is 1. The normalized spacial score (nSPS) is 10.7. The summed E-state index contributed by atoms with van der Waals surface area (Å²) < 4.78 is 5.96. The first-order chi connectivity index (χ1) is 8.58. The Bertz CT molecular complexity index is 407. The van der Waals surface area contributed by atoms with Crippen molar-refractivity contribution in [1.29, 1.82) is 0 Å². The Morgan fingerprint density at radius 1 is 1.44 bits per heavy atom. The molecule has 0 aliphatic heterocycles. The molecule has 0 amide bonds.